The van der Waals surface area contributed by atoms with Gasteiger partial charge in [-0.2, -0.15) is 0 Å². The minimum atomic E-state index is -0.419. The molecular weight excluding hydrogens is 444 g/mol. The Bertz CT molecular complexity index is 1050. The second-order valence-corrected chi connectivity index (χ2v) is 9.18. The number of hydrogen-bond donors (Lipinski definition) is 1. The number of aromatic nitrogens is 1. The quantitative estimate of drug-likeness (QED) is 0.694. The first-order chi connectivity index (χ1) is 15.9. The Balaban J connectivity index is 1.35. The molecule has 1 aromatic carbocycles. The fraction of sp³-hybridized carbons (Fsp3) is 0.478. The summed E-state index contributed by atoms with van der Waals surface area (Å²) in [6.07, 6.45) is 1.34. The average molecular weight is 473 g/mol. The number of piperidine rings is 1. The predicted octanol–water partition coefficient (Wildman–Crippen LogP) is 2.70. The maximum atomic E-state index is 13.2. The van der Waals surface area contributed by atoms with Gasteiger partial charge in [-0.3, -0.25) is 14.4 Å². The smallest absolute Gasteiger partial charge is 0.229 e. The summed E-state index contributed by atoms with van der Waals surface area (Å²) in [4.78, 5) is 46.1. The maximum Gasteiger partial charge on any atom is 0.229 e. The highest BCUT2D eigenvalue weighted by Gasteiger charge is 2.39. The van der Waals surface area contributed by atoms with Crippen LogP contribution in [0.4, 0.5) is 10.8 Å². The summed E-state index contributed by atoms with van der Waals surface area (Å²) in [6.45, 7) is 3.18. The van der Waals surface area contributed by atoms with E-state index in [9.17, 15) is 14.4 Å². The molecule has 2 aromatic rings. The molecule has 1 N–H and O–H groups in total. The van der Waals surface area contributed by atoms with Gasteiger partial charge in [0.25, 0.3) is 0 Å². The Morgan fingerprint density at radius 1 is 1.15 bits per heavy atom. The summed E-state index contributed by atoms with van der Waals surface area (Å²) in [7, 11) is 3.11. The Labute approximate surface area is 196 Å². The van der Waals surface area contributed by atoms with E-state index in [-0.39, 0.29) is 30.1 Å². The van der Waals surface area contributed by atoms with Crippen molar-refractivity contribution in [2.24, 2.45) is 11.8 Å². The van der Waals surface area contributed by atoms with Crippen molar-refractivity contribution in [2.45, 2.75) is 26.2 Å². The van der Waals surface area contributed by atoms with Gasteiger partial charge in [0.15, 0.2) is 5.13 Å². The zero-order chi connectivity index (χ0) is 23.5. The number of benzene rings is 1. The van der Waals surface area contributed by atoms with Crippen LogP contribution in [-0.4, -0.2) is 61.5 Å². The summed E-state index contributed by atoms with van der Waals surface area (Å²) in [5.74, 6) is 0.387. The molecule has 176 valence electrons. The molecule has 2 aliphatic heterocycles. The second kappa shape index (κ2) is 9.78. The van der Waals surface area contributed by atoms with E-state index in [4.69, 9.17) is 9.47 Å². The number of likely N-dealkylation sites (tertiary alicyclic amines) is 1. The molecular formula is C23H28N4O5S. The molecule has 1 aromatic heterocycles. The lowest BCUT2D eigenvalue weighted by atomic mass is 9.94. The molecule has 1 unspecified atom stereocenters. The molecule has 10 heteroatoms. The summed E-state index contributed by atoms with van der Waals surface area (Å²) in [5.41, 5.74) is 1.48. The lowest BCUT2D eigenvalue weighted by molar-refractivity contribution is -0.138. The molecule has 2 fully saturated rings. The first kappa shape index (κ1) is 23.0. The van der Waals surface area contributed by atoms with Crippen LogP contribution in [0.15, 0.2) is 23.6 Å². The Morgan fingerprint density at radius 3 is 2.55 bits per heavy atom. The third kappa shape index (κ3) is 4.95. The van der Waals surface area contributed by atoms with E-state index >= 15 is 0 Å². The van der Waals surface area contributed by atoms with Crippen molar-refractivity contribution in [3.05, 3.63) is 29.3 Å². The minimum absolute atomic E-state index is 0.0397. The normalized spacial score (nSPS) is 19.0. The van der Waals surface area contributed by atoms with E-state index in [0.717, 1.165) is 5.69 Å². The number of anilines is 2. The molecule has 3 amide bonds. The first-order valence-electron chi connectivity index (χ1n) is 10.9. The van der Waals surface area contributed by atoms with Crippen LogP contribution in [0.3, 0.4) is 0 Å². The van der Waals surface area contributed by atoms with Crippen molar-refractivity contribution < 1.29 is 23.9 Å². The molecule has 4 rings (SSSR count). The molecule has 1 atom stereocenters. The average Bonchev–Trinajstić information content (AvgIpc) is 3.43. The van der Waals surface area contributed by atoms with Gasteiger partial charge >= 0.3 is 0 Å². The molecule has 0 spiro atoms. The molecule has 33 heavy (non-hydrogen) atoms. The Kier molecular flexibility index (Phi) is 6.83. The van der Waals surface area contributed by atoms with Crippen LogP contribution in [-0.2, 0) is 14.4 Å². The van der Waals surface area contributed by atoms with Gasteiger partial charge in [0.05, 0.1) is 31.5 Å². The highest BCUT2D eigenvalue weighted by Crippen LogP contribution is 2.36. The summed E-state index contributed by atoms with van der Waals surface area (Å²) in [5, 5.41) is 5.37. The number of ether oxygens (including phenoxy) is 2. The van der Waals surface area contributed by atoms with Gasteiger partial charge < -0.3 is 24.6 Å². The lowest BCUT2D eigenvalue weighted by Crippen LogP contribution is -2.44. The van der Waals surface area contributed by atoms with Crippen molar-refractivity contribution in [3.8, 4) is 11.5 Å². The van der Waals surface area contributed by atoms with E-state index in [1.54, 1.807) is 42.2 Å². The number of amides is 3. The van der Waals surface area contributed by atoms with Crippen molar-refractivity contribution >= 4 is 39.9 Å². The van der Waals surface area contributed by atoms with Gasteiger partial charge in [0.2, 0.25) is 17.7 Å². The van der Waals surface area contributed by atoms with E-state index < -0.39 is 5.92 Å². The van der Waals surface area contributed by atoms with Gasteiger partial charge in [0, 0.05) is 43.4 Å². The number of carbonyl (C=O) groups is 3. The molecule has 3 heterocycles. The summed E-state index contributed by atoms with van der Waals surface area (Å²) < 4.78 is 10.7. The van der Waals surface area contributed by atoms with Crippen molar-refractivity contribution in [3.63, 3.8) is 0 Å². The zero-order valence-electron chi connectivity index (χ0n) is 19.0. The van der Waals surface area contributed by atoms with Crippen LogP contribution in [0.1, 0.15) is 25.0 Å². The summed E-state index contributed by atoms with van der Waals surface area (Å²) >= 11 is 1.41. The van der Waals surface area contributed by atoms with Crippen LogP contribution in [0, 0.1) is 18.8 Å². The number of rotatable bonds is 6. The minimum Gasteiger partial charge on any atom is -0.497 e. The molecule has 0 bridgehead atoms. The Hall–Kier alpha value is -3.14. The zero-order valence-corrected chi connectivity index (χ0v) is 19.8. The SMILES string of the molecule is COc1ccc(OC)c(N2CC(C(=O)N3CCC(C(=O)Nc4nc(C)cs4)CC3)CC2=O)c1. The van der Waals surface area contributed by atoms with E-state index in [2.05, 4.69) is 10.3 Å². The van der Waals surface area contributed by atoms with E-state index in [0.29, 0.717) is 54.8 Å². The number of nitrogens with one attached hydrogen (secondary N) is 1. The third-order valence-electron chi connectivity index (χ3n) is 6.18. The number of aryl methyl sites for hydroxylation is 1. The predicted molar refractivity (Wildman–Crippen MR) is 125 cm³/mol. The number of hydrogen-bond acceptors (Lipinski definition) is 7. The molecule has 0 radical (unpaired) electrons. The topological polar surface area (TPSA) is 101 Å². The van der Waals surface area contributed by atoms with Crippen LogP contribution in [0.5, 0.6) is 11.5 Å². The van der Waals surface area contributed by atoms with Gasteiger partial charge in [0.1, 0.15) is 11.5 Å². The monoisotopic (exact) mass is 472 g/mol. The second-order valence-electron chi connectivity index (χ2n) is 8.33. The number of methoxy groups -OCH3 is 2. The first-order valence-corrected chi connectivity index (χ1v) is 11.8. The Morgan fingerprint density at radius 2 is 1.91 bits per heavy atom. The van der Waals surface area contributed by atoms with E-state index in [1.807, 2.05) is 12.3 Å². The molecule has 2 aliphatic rings. The molecule has 2 saturated heterocycles. The maximum absolute atomic E-state index is 13.2. The van der Waals surface area contributed by atoms with Crippen molar-refractivity contribution in [1.29, 1.82) is 0 Å². The third-order valence-corrected chi connectivity index (χ3v) is 7.05. The van der Waals surface area contributed by atoms with E-state index in [1.165, 1.54) is 11.3 Å². The van der Waals surface area contributed by atoms with Gasteiger partial charge in [-0.25, -0.2) is 4.98 Å². The van der Waals surface area contributed by atoms with Crippen LogP contribution >= 0.6 is 11.3 Å². The van der Waals surface area contributed by atoms with Crippen molar-refractivity contribution in [1.82, 2.24) is 9.88 Å². The van der Waals surface area contributed by atoms with Crippen molar-refractivity contribution in [2.75, 3.05) is 44.1 Å². The lowest BCUT2D eigenvalue weighted by Gasteiger charge is -2.32. The number of thiazole rings is 1. The van der Waals surface area contributed by atoms with Crippen LogP contribution in [0.2, 0.25) is 0 Å². The fourth-order valence-electron chi connectivity index (χ4n) is 4.35. The van der Waals surface area contributed by atoms with Gasteiger partial charge in [-0.05, 0) is 31.9 Å². The highest BCUT2D eigenvalue weighted by atomic mass is 32.1. The fourth-order valence-corrected chi connectivity index (χ4v) is 5.04. The summed E-state index contributed by atoms with van der Waals surface area (Å²) in [6, 6.07) is 5.26. The largest absolute Gasteiger partial charge is 0.497 e. The molecule has 9 nitrogen and oxygen atoms in total. The van der Waals surface area contributed by atoms with Gasteiger partial charge in [-0.15, -0.1) is 11.3 Å². The van der Waals surface area contributed by atoms with Crippen LogP contribution in [0.25, 0.3) is 0 Å². The number of carbonyl (C=O) groups excluding carboxylic acids is 3. The molecule has 0 aliphatic carbocycles. The highest BCUT2D eigenvalue weighted by molar-refractivity contribution is 7.13. The standard InChI is InChI=1S/C23H28N4O5S/c1-14-13-33-23(24-14)25-21(29)15-6-8-26(9-7-15)22(30)16-10-20(28)27(12-16)18-11-17(31-2)4-5-19(18)32-3/h4-5,11,13,15-16H,6-10,12H2,1-3H3,(H,24,25,29). The number of nitrogens with zero attached hydrogens (tertiary/aromatic N) is 3. The van der Waals surface area contributed by atoms with Gasteiger partial charge in [-0.1, -0.05) is 0 Å². The molecule has 0 saturated carbocycles. The van der Waals surface area contributed by atoms with Crippen LogP contribution < -0.4 is 19.7 Å².